The Hall–Kier alpha value is -3.93. The van der Waals surface area contributed by atoms with E-state index in [-0.39, 0.29) is 36.4 Å². The molecule has 0 saturated heterocycles. The van der Waals surface area contributed by atoms with Gasteiger partial charge in [0.25, 0.3) is 0 Å². The van der Waals surface area contributed by atoms with E-state index in [0.717, 1.165) is 11.1 Å². The summed E-state index contributed by atoms with van der Waals surface area (Å²) in [6.45, 7) is 9.32. The lowest BCUT2D eigenvalue weighted by Crippen LogP contribution is -2.51. The van der Waals surface area contributed by atoms with Gasteiger partial charge in [0.15, 0.2) is 0 Å². The van der Waals surface area contributed by atoms with Crippen molar-refractivity contribution in [2.75, 3.05) is 25.4 Å². The SMILES string of the molecule is CC(C)CN(C(CO)CCCCNC(=O)[C@@H](NC(=O)OC(C)(C)C)C(c1ccccc1)c1ccccc1)S(=O)(=O)c1ccc(N)cc1. The maximum absolute atomic E-state index is 13.8. The number of amides is 2. The van der Waals surface area contributed by atoms with Crippen molar-refractivity contribution in [3.05, 3.63) is 96.1 Å². The molecule has 0 spiro atoms. The second-order valence-corrected chi connectivity index (χ2v) is 15.0. The molecule has 3 aromatic carbocycles. The third-order valence-electron chi connectivity index (χ3n) is 7.52. The summed E-state index contributed by atoms with van der Waals surface area (Å²) in [5.41, 5.74) is 7.18. The van der Waals surface area contributed by atoms with Crippen molar-refractivity contribution in [1.29, 1.82) is 0 Å². The number of benzene rings is 3. The molecule has 256 valence electrons. The molecule has 0 radical (unpaired) electrons. The van der Waals surface area contributed by atoms with Crippen LogP contribution in [-0.4, -0.2) is 67.2 Å². The average molecular weight is 667 g/mol. The first-order valence-corrected chi connectivity index (χ1v) is 17.5. The number of anilines is 1. The lowest BCUT2D eigenvalue weighted by molar-refractivity contribution is -0.123. The molecule has 0 heterocycles. The molecule has 10 nitrogen and oxygen atoms in total. The number of unbranched alkanes of at least 4 members (excludes halogenated alkanes) is 1. The first kappa shape index (κ1) is 37.5. The number of nitrogen functional groups attached to an aromatic ring is 1. The van der Waals surface area contributed by atoms with E-state index in [4.69, 9.17) is 10.5 Å². The minimum Gasteiger partial charge on any atom is -0.444 e. The van der Waals surface area contributed by atoms with Crippen molar-refractivity contribution in [3.63, 3.8) is 0 Å². The average Bonchev–Trinajstić information content (AvgIpc) is 3.01. The molecule has 2 amide bonds. The summed E-state index contributed by atoms with van der Waals surface area (Å²) in [6.07, 6.45) is 0.763. The number of alkyl carbamates (subject to hydrolysis) is 1. The van der Waals surface area contributed by atoms with E-state index in [2.05, 4.69) is 10.6 Å². The number of hydrogen-bond acceptors (Lipinski definition) is 7. The number of nitrogens with two attached hydrogens (primary N) is 1. The molecule has 0 aliphatic rings. The highest BCUT2D eigenvalue weighted by Crippen LogP contribution is 2.29. The number of nitrogens with zero attached hydrogens (tertiary/aromatic N) is 1. The maximum atomic E-state index is 13.8. The van der Waals surface area contributed by atoms with E-state index in [1.165, 1.54) is 16.4 Å². The molecule has 1 unspecified atom stereocenters. The number of carbonyl (C=O) groups is 2. The number of carbonyl (C=O) groups excluding carboxylic acids is 2. The summed E-state index contributed by atoms with van der Waals surface area (Å²) in [7, 11) is -3.88. The van der Waals surface area contributed by atoms with Crippen LogP contribution in [0.4, 0.5) is 10.5 Å². The molecule has 3 rings (SSSR count). The fourth-order valence-electron chi connectivity index (χ4n) is 5.36. The molecule has 47 heavy (non-hydrogen) atoms. The van der Waals surface area contributed by atoms with E-state index in [1.807, 2.05) is 74.5 Å². The van der Waals surface area contributed by atoms with E-state index in [9.17, 15) is 23.1 Å². The molecule has 0 saturated carbocycles. The van der Waals surface area contributed by atoms with Gasteiger partial charge in [-0.05, 0) is 74.9 Å². The van der Waals surface area contributed by atoms with Gasteiger partial charge in [-0.25, -0.2) is 13.2 Å². The summed E-state index contributed by atoms with van der Waals surface area (Å²) in [5, 5.41) is 16.1. The van der Waals surface area contributed by atoms with Crippen LogP contribution in [0.15, 0.2) is 89.8 Å². The predicted molar refractivity (Wildman–Crippen MR) is 185 cm³/mol. The van der Waals surface area contributed by atoms with Crippen molar-refractivity contribution < 1.29 is 27.9 Å². The predicted octanol–water partition coefficient (Wildman–Crippen LogP) is 5.29. The molecule has 0 bridgehead atoms. The second kappa shape index (κ2) is 17.3. The van der Waals surface area contributed by atoms with Crippen LogP contribution in [0.3, 0.4) is 0 Å². The Balaban J connectivity index is 1.74. The van der Waals surface area contributed by atoms with E-state index >= 15 is 0 Å². The largest absolute Gasteiger partial charge is 0.444 e. The van der Waals surface area contributed by atoms with Crippen molar-refractivity contribution in [2.45, 2.75) is 82.4 Å². The van der Waals surface area contributed by atoms with E-state index < -0.39 is 39.7 Å². The Morgan fingerprint density at radius 3 is 1.94 bits per heavy atom. The number of aliphatic hydroxyl groups excluding tert-OH is 1. The minimum atomic E-state index is -3.88. The van der Waals surface area contributed by atoms with Crippen LogP contribution in [0.1, 0.15) is 70.9 Å². The van der Waals surface area contributed by atoms with Gasteiger partial charge in [0, 0.05) is 30.7 Å². The van der Waals surface area contributed by atoms with Gasteiger partial charge in [0.2, 0.25) is 15.9 Å². The highest BCUT2D eigenvalue weighted by Gasteiger charge is 2.34. The fourth-order valence-corrected chi connectivity index (χ4v) is 7.17. The van der Waals surface area contributed by atoms with Gasteiger partial charge in [0.1, 0.15) is 11.6 Å². The van der Waals surface area contributed by atoms with Gasteiger partial charge in [-0.1, -0.05) is 80.9 Å². The standard InChI is InChI=1S/C36H50N4O6S/c1-26(2)24-40(47(44,45)31-21-19-29(37)20-22-31)30(25-41)18-12-13-23-38-34(42)33(39-35(43)46-36(3,4)5)32(27-14-8-6-9-15-27)28-16-10-7-11-17-28/h6-11,14-17,19-22,26,30,32-33,41H,12-13,18,23-25,37H2,1-5H3,(H,38,42)(H,39,43)/t30?,33-/m0/s1. The topological polar surface area (TPSA) is 151 Å². The highest BCUT2D eigenvalue weighted by molar-refractivity contribution is 7.89. The summed E-state index contributed by atoms with van der Waals surface area (Å²) in [6, 6.07) is 23.4. The lowest BCUT2D eigenvalue weighted by Gasteiger charge is -2.31. The summed E-state index contributed by atoms with van der Waals surface area (Å²) < 4.78 is 34.0. The van der Waals surface area contributed by atoms with Crippen molar-refractivity contribution >= 4 is 27.7 Å². The van der Waals surface area contributed by atoms with Crippen LogP contribution in [0.5, 0.6) is 0 Å². The number of rotatable bonds is 16. The second-order valence-electron chi connectivity index (χ2n) is 13.1. The molecular weight excluding hydrogens is 616 g/mol. The quantitative estimate of drug-likeness (QED) is 0.120. The first-order valence-electron chi connectivity index (χ1n) is 16.1. The highest BCUT2D eigenvalue weighted by atomic mass is 32.2. The van der Waals surface area contributed by atoms with Crippen molar-refractivity contribution in [2.24, 2.45) is 5.92 Å². The smallest absolute Gasteiger partial charge is 0.408 e. The number of aliphatic hydroxyl groups is 1. The maximum Gasteiger partial charge on any atom is 0.408 e. The first-order chi connectivity index (χ1) is 22.2. The summed E-state index contributed by atoms with van der Waals surface area (Å²) >= 11 is 0. The zero-order chi connectivity index (χ0) is 34.6. The van der Waals surface area contributed by atoms with E-state index in [1.54, 1.807) is 32.9 Å². The van der Waals surface area contributed by atoms with E-state index in [0.29, 0.717) is 24.9 Å². The number of hydrogen-bond donors (Lipinski definition) is 4. The van der Waals surface area contributed by atoms with Crippen LogP contribution in [0.2, 0.25) is 0 Å². The van der Waals surface area contributed by atoms with Crippen LogP contribution < -0.4 is 16.4 Å². The molecule has 0 aliphatic carbocycles. The molecule has 0 aromatic heterocycles. The Labute approximate surface area is 279 Å². The minimum absolute atomic E-state index is 0.0310. The third kappa shape index (κ3) is 11.4. The third-order valence-corrected chi connectivity index (χ3v) is 9.45. The monoisotopic (exact) mass is 666 g/mol. The molecule has 5 N–H and O–H groups in total. The lowest BCUT2D eigenvalue weighted by atomic mass is 9.84. The Bertz CT molecular complexity index is 1470. The van der Waals surface area contributed by atoms with Gasteiger partial charge in [-0.2, -0.15) is 4.31 Å². The zero-order valence-corrected chi connectivity index (χ0v) is 28.9. The molecule has 11 heteroatoms. The van der Waals surface area contributed by atoms with Crippen LogP contribution in [-0.2, 0) is 19.6 Å². The molecule has 0 aliphatic heterocycles. The number of sulfonamides is 1. The van der Waals surface area contributed by atoms with Crippen LogP contribution in [0.25, 0.3) is 0 Å². The normalized spacial score (nSPS) is 13.4. The number of ether oxygens (including phenoxy) is 1. The molecule has 2 atom stereocenters. The Morgan fingerprint density at radius 2 is 1.45 bits per heavy atom. The van der Waals surface area contributed by atoms with Gasteiger partial charge in [-0.3, -0.25) is 4.79 Å². The van der Waals surface area contributed by atoms with Crippen molar-refractivity contribution in [3.8, 4) is 0 Å². The molecule has 3 aromatic rings. The van der Waals surface area contributed by atoms with Gasteiger partial charge in [0.05, 0.1) is 11.5 Å². The van der Waals surface area contributed by atoms with Gasteiger partial charge >= 0.3 is 6.09 Å². The number of nitrogens with one attached hydrogen (secondary N) is 2. The molecular formula is C36H50N4O6S. The van der Waals surface area contributed by atoms with Crippen LogP contribution in [0, 0.1) is 5.92 Å². The fraction of sp³-hybridized carbons (Fsp3) is 0.444. The summed E-state index contributed by atoms with van der Waals surface area (Å²) in [4.78, 5) is 26.9. The Kier molecular flexibility index (Phi) is 13.8. The Morgan fingerprint density at radius 1 is 0.894 bits per heavy atom. The van der Waals surface area contributed by atoms with Gasteiger partial charge in [-0.15, -0.1) is 0 Å². The molecule has 0 fully saturated rings. The zero-order valence-electron chi connectivity index (χ0n) is 28.1. The van der Waals surface area contributed by atoms with Crippen LogP contribution >= 0.6 is 0 Å². The van der Waals surface area contributed by atoms with Crippen molar-refractivity contribution in [1.82, 2.24) is 14.9 Å². The summed E-state index contributed by atoms with van der Waals surface area (Å²) in [5.74, 6) is -0.838. The van der Waals surface area contributed by atoms with Gasteiger partial charge < -0.3 is 26.2 Å².